The van der Waals surface area contributed by atoms with Crippen molar-refractivity contribution in [3.8, 4) is 0 Å². The average molecular weight is 656 g/mol. The van der Waals surface area contributed by atoms with Crippen molar-refractivity contribution >= 4 is 33.3 Å². The molecule has 2 aromatic heterocycles. The van der Waals surface area contributed by atoms with Crippen molar-refractivity contribution in [2.75, 3.05) is 36.0 Å². The fraction of sp³-hybridized carbons (Fsp3) is 0.423. The van der Waals surface area contributed by atoms with Crippen molar-refractivity contribution in [1.82, 2.24) is 25.1 Å². The Morgan fingerprint density at radius 2 is 1.67 bits per heavy atom. The van der Waals surface area contributed by atoms with Gasteiger partial charge in [0.1, 0.15) is 0 Å². The zero-order chi connectivity index (χ0) is 30.1. The number of H-pyrrole nitrogens is 1. The van der Waals surface area contributed by atoms with E-state index < -0.39 is 44.8 Å². The molecule has 3 aromatic rings. The maximum atomic E-state index is 13.8. The van der Waals surface area contributed by atoms with E-state index in [9.17, 15) is 35.9 Å². The number of carbonyl (C=O) groups is 1. The summed E-state index contributed by atoms with van der Waals surface area (Å²) in [6, 6.07) is 6.99. The van der Waals surface area contributed by atoms with Gasteiger partial charge in [-0.15, -0.1) is 0 Å². The van der Waals surface area contributed by atoms with Gasteiger partial charge in [-0.05, 0) is 0 Å². The summed E-state index contributed by atoms with van der Waals surface area (Å²) in [6.45, 7) is 1.72. The summed E-state index contributed by atoms with van der Waals surface area (Å²) >= 11 is -0.424. The van der Waals surface area contributed by atoms with Crippen molar-refractivity contribution < 1.29 is 31.1 Å². The second kappa shape index (κ2) is 11.9. The number of nitrogens with zero attached hydrogens (tertiary/aromatic N) is 6. The molecule has 0 bridgehead atoms. The number of hydrogen-bond donors (Lipinski definition) is 1. The van der Waals surface area contributed by atoms with E-state index in [1.807, 2.05) is 29.4 Å². The van der Waals surface area contributed by atoms with Gasteiger partial charge in [-0.2, -0.15) is 13.2 Å². The van der Waals surface area contributed by atoms with Crippen LogP contribution in [0.1, 0.15) is 34.7 Å². The molecule has 223 valence electrons. The summed E-state index contributed by atoms with van der Waals surface area (Å²) in [6.07, 6.45) is -6.57. The average Bonchev–Trinajstić information content (AvgIpc) is 3.32. The first kappa shape index (κ1) is 29.9. The third-order valence-electron chi connectivity index (χ3n) is 7.23. The third kappa shape index (κ3) is 6.40. The van der Waals surface area contributed by atoms with Crippen LogP contribution >= 0.6 is 0 Å². The van der Waals surface area contributed by atoms with Gasteiger partial charge in [0.15, 0.2) is 0 Å². The van der Waals surface area contributed by atoms with Gasteiger partial charge in [0.2, 0.25) is 0 Å². The molecule has 5 rings (SSSR count). The van der Waals surface area contributed by atoms with Gasteiger partial charge in [-0.3, -0.25) is 0 Å². The molecule has 9 nitrogen and oxygen atoms in total. The van der Waals surface area contributed by atoms with Crippen LogP contribution in [-0.4, -0.2) is 72.9 Å². The van der Waals surface area contributed by atoms with E-state index in [1.165, 1.54) is 0 Å². The minimum absolute atomic E-state index is 0.0554. The van der Waals surface area contributed by atoms with Crippen LogP contribution in [-0.2, 0) is 23.7 Å². The number of aromatic amines is 1. The molecule has 0 unspecified atom stereocenters. The number of benzene rings is 1. The summed E-state index contributed by atoms with van der Waals surface area (Å²) in [7, 11) is 0. The van der Waals surface area contributed by atoms with Gasteiger partial charge < -0.3 is 0 Å². The Balaban J connectivity index is 1.17. The molecule has 2 aliphatic heterocycles. The van der Waals surface area contributed by atoms with Crippen molar-refractivity contribution in [2.24, 2.45) is 0 Å². The Labute approximate surface area is 242 Å². The molecule has 1 fully saturated rings. The maximum absolute atomic E-state index is 13.8. The monoisotopic (exact) mass is 656 g/mol. The SMILES string of the molecule is O=C(CC[As]C[C@H]1c2ccccc2CN1c1cn[nH]c(=O)c1C(F)(F)F)N1CCN(c2ncc(C(F)(F)F)cn2)CC1. The number of nitrogens with one attached hydrogen (secondary N) is 1. The summed E-state index contributed by atoms with van der Waals surface area (Å²) < 4.78 is 79.7. The van der Waals surface area contributed by atoms with Crippen LogP contribution in [0.3, 0.4) is 0 Å². The van der Waals surface area contributed by atoms with Crippen LogP contribution in [0.25, 0.3) is 0 Å². The molecule has 1 aromatic carbocycles. The first-order chi connectivity index (χ1) is 19.9. The predicted molar refractivity (Wildman–Crippen MR) is 141 cm³/mol. The molecular formula is C26H25AsF6N7O2. The zero-order valence-electron chi connectivity index (χ0n) is 22.0. The van der Waals surface area contributed by atoms with E-state index in [0.29, 0.717) is 36.6 Å². The van der Waals surface area contributed by atoms with Crippen molar-refractivity contribution in [1.29, 1.82) is 0 Å². The molecule has 2 aliphatic rings. The summed E-state index contributed by atoms with van der Waals surface area (Å²) in [4.78, 5) is 37.6. The van der Waals surface area contributed by atoms with Crippen molar-refractivity contribution in [2.45, 2.75) is 41.8 Å². The fourth-order valence-corrected chi connectivity index (χ4v) is 7.58. The number of hydrogen-bond acceptors (Lipinski definition) is 7. The van der Waals surface area contributed by atoms with Gasteiger partial charge >= 0.3 is 230 Å². The topological polar surface area (TPSA) is 98.3 Å². The molecule has 1 radical (unpaired) electrons. The van der Waals surface area contributed by atoms with E-state index in [-0.39, 0.29) is 36.6 Å². The number of amides is 1. The van der Waals surface area contributed by atoms with Crippen LogP contribution in [0.4, 0.5) is 38.0 Å². The van der Waals surface area contributed by atoms with E-state index in [1.54, 1.807) is 14.7 Å². The van der Waals surface area contributed by atoms with Gasteiger partial charge in [-0.1, -0.05) is 0 Å². The molecule has 0 saturated carbocycles. The Morgan fingerprint density at radius 1 is 0.976 bits per heavy atom. The number of carbonyl (C=O) groups excluding carboxylic acids is 1. The molecular weight excluding hydrogens is 631 g/mol. The Kier molecular flexibility index (Phi) is 8.49. The quantitative estimate of drug-likeness (QED) is 0.234. The second-order valence-corrected chi connectivity index (χ2v) is 12.5. The number of rotatable bonds is 7. The number of anilines is 2. The predicted octanol–water partition coefficient (Wildman–Crippen LogP) is 3.94. The van der Waals surface area contributed by atoms with E-state index >= 15 is 0 Å². The number of alkyl halides is 6. The third-order valence-corrected chi connectivity index (χ3v) is 9.63. The molecule has 1 amide bonds. The molecule has 42 heavy (non-hydrogen) atoms. The summed E-state index contributed by atoms with van der Waals surface area (Å²) in [5.41, 5.74) is -1.99. The van der Waals surface area contributed by atoms with Crippen molar-refractivity contribution in [3.63, 3.8) is 0 Å². The van der Waals surface area contributed by atoms with Gasteiger partial charge in [0, 0.05) is 0 Å². The molecule has 1 N–H and O–H groups in total. The van der Waals surface area contributed by atoms with Crippen LogP contribution in [0.5, 0.6) is 0 Å². The van der Waals surface area contributed by atoms with Gasteiger partial charge in [0.05, 0.1) is 0 Å². The Hall–Kier alpha value is -3.61. The molecule has 4 heterocycles. The minimum atomic E-state index is -4.85. The first-order valence-corrected chi connectivity index (χ1v) is 15.6. The molecule has 0 spiro atoms. The van der Waals surface area contributed by atoms with Crippen LogP contribution in [0, 0.1) is 0 Å². The molecule has 16 heteroatoms. The second-order valence-electron chi connectivity index (χ2n) is 9.82. The number of fused-ring (bicyclic) bond motifs is 1. The standard InChI is InChI=1S/C26H25AsF6N7O2/c28-25(29,30)17-12-34-24(35-13-17)39-9-7-38(8-10-39)21(41)5-6-27-11-19-18-4-2-1-3-16(18)15-40(19)20-14-36-37-23(42)22(20)26(31,32)33/h1-4,12-14,19H,5-11,15H2,(H,37,42)/t19-/m0/s1. The molecule has 1 atom stereocenters. The zero-order valence-corrected chi connectivity index (χ0v) is 23.9. The van der Waals surface area contributed by atoms with E-state index in [0.717, 1.165) is 29.7 Å². The van der Waals surface area contributed by atoms with E-state index in [2.05, 4.69) is 15.1 Å². The van der Waals surface area contributed by atoms with E-state index in [4.69, 9.17) is 0 Å². The summed E-state index contributed by atoms with van der Waals surface area (Å²) in [5.74, 6) is 0.117. The normalized spacial score (nSPS) is 17.8. The Bertz CT molecular complexity index is 1470. The number of aromatic nitrogens is 4. The van der Waals surface area contributed by atoms with Crippen LogP contribution in [0.15, 0.2) is 47.7 Å². The van der Waals surface area contributed by atoms with Gasteiger partial charge in [0.25, 0.3) is 0 Å². The summed E-state index contributed by atoms with van der Waals surface area (Å²) in [5, 5.41) is 6.67. The van der Waals surface area contributed by atoms with Crippen molar-refractivity contribution in [3.05, 3.63) is 75.5 Å². The molecule has 0 aliphatic carbocycles. The van der Waals surface area contributed by atoms with Crippen LogP contribution < -0.4 is 15.4 Å². The fourth-order valence-electron chi connectivity index (χ4n) is 5.13. The van der Waals surface area contributed by atoms with Gasteiger partial charge in [-0.25, -0.2) is 0 Å². The Morgan fingerprint density at radius 3 is 2.33 bits per heavy atom. The first-order valence-electron chi connectivity index (χ1n) is 13.0. The number of halogens is 6. The van der Waals surface area contributed by atoms with Crippen LogP contribution in [0.2, 0.25) is 10.4 Å². The number of piperazine rings is 1. The molecule has 1 saturated heterocycles.